The van der Waals surface area contributed by atoms with Crippen molar-refractivity contribution in [2.75, 3.05) is 49.2 Å². The molecule has 2 aromatic rings. The smallest absolute Gasteiger partial charge is 0.254 e. The average molecular weight is 404 g/mol. The van der Waals surface area contributed by atoms with Gasteiger partial charge in [0.1, 0.15) is 5.75 Å². The van der Waals surface area contributed by atoms with Crippen molar-refractivity contribution in [1.29, 1.82) is 0 Å². The van der Waals surface area contributed by atoms with Gasteiger partial charge in [-0.15, -0.1) is 0 Å². The van der Waals surface area contributed by atoms with Gasteiger partial charge in [-0.2, -0.15) is 0 Å². The van der Waals surface area contributed by atoms with Crippen molar-refractivity contribution in [3.63, 3.8) is 0 Å². The largest absolute Gasteiger partial charge is 0.495 e. The van der Waals surface area contributed by atoms with Crippen LogP contribution in [0.15, 0.2) is 42.5 Å². The number of ether oxygens (including phenoxy) is 1. The topological polar surface area (TPSA) is 79.0 Å². The summed E-state index contributed by atoms with van der Waals surface area (Å²) in [6.07, 6.45) is 1.10. The van der Waals surface area contributed by atoms with Gasteiger partial charge in [0.05, 0.1) is 24.7 Å². The molecule has 2 aromatic carbocycles. The van der Waals surface area contributed by atoms with E-state index < -0.39 is 10.0 Å². The molecule has 1 aliphatic heterocycles. The molecular weight excluding hydrogens is 378 g/mol. The van der Waals surface area contributed by atoms with Gasteiger partial charge in [-0.05, 0) is 36.8 Å². The quantitative estimate of drug-likeness (QED) is 0.829. The minimum absolute atomic E-state index is 0.0886. The number of carbonyl (C=O) groups is 1. The van der Waals surface area contributed by atoms with E-state index >= 15 is 0 Å². The van der Waals surface area contributed by atoms with Crippen molar-refractivity contribution in [3.8, 4) is 5.75 Å². The van der Waals surface area contributed by atoms with Crippen LogP contribution in [-0.2, 0) is 10.0 Å². The number of para-hydroxylation sites is 2. The molecule has 28 heavy (non-hydrogen) atoms. The Labute approximate surface area is 166 Å². The summed E-state index contributed by atoms with van der Waals surface area (Å²) < 4.78 is 31.0. The molecule has 0 atom stereocenters. The summed E-state index contributed by atoms with van der Waals surface area (Å²) in [5.41, 5.74) is 2.60. The molecule has 7 nitrogen and oxygen atoms in total. The van der Waals surface area contributed by atoms with E-state index in [4.69, 9.17) is 4.74 Å². The minimum atomic E-state index is -3.40. The minimum Gasteiger partial charge on any atom is -0.495 e. The molecule has 0 radical (unpaired) electrons. The zero-order chi connectivity index (χ0) is 20.3. The fourth-order valence-electron chi connectivity index (χ4n) is 3.39. The number of methoxy groups -OCH3 is 1. The first-order valence-electron chi connectivity index (χ1n) is 9.05. The van der Waals surface area contributed by atoms with Gasteiger partial charge in [0.2, 0.25) is 10.0 Å². The number of hydrogen-bond donors (Lipinski definition) is 1. The predicted molar refractivity (Wildman–Crippen MR) is 111 cm³/mol. The zero-order valence-electron chi connectivity index (χ0n) is 16.3. The molecule has 8 heteroatoms. The number of anilines is 2. The van der Waals surface area contributed by atoms with Gasteiger partial charge < -0.3 is 14.5 Å². The Kier molecular flexibility index (Phi) is 5.79. The molecule has 1 fully saturated rings. The van der Waals surface area contributed by atoms with E-state index in [0.29, 0.717) is 43.0 Å². The van der Waals surface area contributed by atoms with Crippen LogP contribution < -0.4 is 14.4 Å². The summed E-state index contributed by atoms with van der Waals surface area (Å²) in [5.74, 6) is 0.729. The van der Waals surface area contributed by atoms with Crippen LogP contribution in [0.5, 0.6) is 5.75 Å². The highest BCUT2D eigenvalue weighted by Crippen LogP contribution is 2.29. The second-order valence-electron chi connectivity index (χ2n) is 6.80. The predicted octanol–water partition coefficient (Wildman–Crippen LogP) is 2.34. The normalized spacial score (nSPS) is 14.7. The number of rotatable bonds is 5. The molecule has 0 spiro atoms. The Hall–Kier alpha value is -2.74. The highest BCUT2D eigenvalue weighted by atomic mass is 32.2. The van der Waals surface area contributed by atoms with Gasteiger partial charge >= 0.3 is 0 Å². The fourth-order valence-corrected chi connectivity index (χ4v) is 4.01. The lowest BCUT2D eigenvalue weighted by atomic mass is 10.1. The number of amides is 1. The number of sulfonamides is 1. The SMILES string of the molecule is COc1ccccc1N1CCN(C(=O)c2cccc(NS(C)(=O)=O)c2C)CC1. The van der Waals surface area contributed by atoms with Gasteiger partial charge in [0.15, 0.2) is 0 Å². The molecule has 1 N–H and O–H groups in total. The molecule has 1 aliphatic rings. The number of nitrogens with one attached hydrogen (secondary N) is 1. The van der Waals surface area contributed by atoms with Crippen molar-refractivity contribution >= 4 is 27.3 Å². The van der Waals surface area contributed by atoms with Gasteiger partial charge in [0.25, 0.3) is 5.91 Å². The maximum absolute atomic E-state index is 13.0. The maximum Gasteiger partial charge on any atom is 0.254 e. The lowest BCUT2D eigenvalue weighted by Crippen LogP contribution is -2.49. The number of benzene rings is 2. The molecule has 150 valence electrons. The second kappa shape index (κ2) is 8.10. The number of piperazine rings is 1. The first kappa shape index (κ1) is 20.0. The Balaban J connectivity index is 1.73. The highest BCUT2D eigenvalue weighted by Gasteiger charge is 2.25. The first-order chi connectivity index (χ1) is 13.3. The number of hydrogen-bond acceptors (Lipinski definition) is 5. The number of carbonyl (C=O) groups excluding carboxylic acids is 1. The van der Waals surface area contributed by atoms with Gasteiger partial charge in [-0.3, -0.25) is 9.52 Å². The van der Waals surface area contributed by atoms with Crippen molar-refractivity contribution < 1.29 is 17.9 Å². The fraction of sp³-hybridized carbons (Fsp3) is 0.350. The van der Waals surface area contributed by atoms with Crippen molar-refractivity contribution in [2.45, 2.75) is 6.92 Å². The summed E-state index contributed by atoms with van der Waals surface area (Å²) in [7, 11) is -1.75. The first-order valence-corrected chi connectivity index (χ1v) is 10.9. The van der Waals surface area contributed by atoms with Crippen LogP contribution in [0.2, 0.25) is 0 Å². The molecule has 0 saturated carbocycles. The average Bonchev–Trinajstić information content (AvgIpc) is 2.68. The van der Waals surface area contributed by atoms with E-state index in [9.17, 15) is 13.2 Å². The van der Waals surface area contributed by atoms with E-state index in [0.717, 1.165) is 17.7 Å². The van der Waals surface area contributed by atoms with Crippen LogP contribution in [-0.4, -0.2) is 58.8 Å². The lowest BCUT2D eigenvalue weighted by molar-refractivity contribution is 0.0746. The molecule has 3 rings (SSSR count). The van der Waals surface area contributed by atoms with Gasteiger partial charge in [-0.25, -0.2) is 8.42 Å². The van der Waals surface area contributed by atoms with E-state index in [1.54, 1.807) is 37.1 Å². The molecule has 0 unspecified atom stereocenters. The molecule has 0 bridgehead atoms. The van der Waals surface area contributed by atoms with Gasteiger partial charge in [0, 0.05) is 31.7 Å². The Morgan fingerprint density at radius 1 is 1.04 bits per heavy atom. The summed E-state index contributed by atoms with van der Waals surface area (Å²) in [5, 5.41) is 0. The van der Waals surface area contributed by atoms with Gasteiger partial charge in [-0.1, -0.05) is 18.2 Å². The third-order valence-electron chi connectivity index (χ3n) is 4.85. The molecule has 1 heterocycles. The Morgan fingerprint density at radius 3 is 2.36 bits per heavy atom. The van der Waals surface area contributed by atoms with Crippen LogP contribution in [0.3, 0.4) is 0 Å². The third kappa shape index (κ3) is 4.39. The third-order valence-corrected chi connectivity index (χ3v) is 5.44. The van der Waals surface area contributed by atoms with Crippen LogP contribution >= 0.6 is 0 Å². The molecule has 0 aliphatic carbocycles. The Morgan fingerprint density at radius 2 is 1.71 bits per heavy atom. The van der Waals surface area contributed by atoms with Crippen LogP contribution in [0, 0.1) is 6.92 Å². The van der Waals surface area contributed by atoms with Crippen LogP contribution in [0.1, 0.15) is 15.9 Å². The monoisotopic (exact) mass is 403 g/mol. The lowest BCUT2D eigenvalue weighted by Gasteiger charge is -2.37. The molecule has 0 aromatic heterocycles. The summed E-state index contributed by atoms with van der Waals surface area (Å²) in [6, 6.07) is 12.9. The van der Waals surface area contributed by atoms with Crippen LogP contribution in [0.25, 0.3) is 0 Å². The van der Waals surface area contributed by atoms with Crippen molar-refractivity contribution in [3.05, 3.63) is 53.6 Å². The summed E-state index contributed by atoms with van der Waals surface area (Å²) in [6.45, 7) is 4.32. The van der Waals surface area contributed by atoms with Crippen LogP contribution in [0.4, 0.5) is 11.4 Å². The molecule has 1 amide bonds. The highest BCUT2D eigenvalue weighted by molar-refractivity contribution is 7.92. The van der Waals surface area contributed by atoms with E-state index in [1.165, 1.54) is 0 Å². The standard InChI is InChI=1S/C20H25N3O4S/c1-15-16(7-6-8-17(15)21-28(3,25)26)20(24)23-13-11-22(12-14-23)18-9-4-5-10-19(18)27-2/h4-10,21H,11-14H2,1-3H3. The second-order valence-corrected chi connectivity index (χ2v) is 8.55. The maximum atomic E-state index is 13.0. The summed E-state index contributed by atoms with van der Waals surface area (Å²) in [4.78, 5) is 17.0. The van der Waals surface area contributed by atoms with Crippen molar-refractivity contribution in [1.82, 2.24) is 4.90 Å². The molecule has 1 saturated heterocycles. The van der Waals surface area contributed by atoms with Crippen molar-refractivity contribution in [2.24, 2.45) is 0 Å². The van der Waals surface area contributed by atoms with E-state index in [1.807, 2.05) is 24.3 Å². The number of nitrogens with zero attached hydrogens (tertiary/aromatic N) is 2. The zero-order valence-corrected chi connectivity index (χ0v) is 17.1. The van der Waals surface area contributed by atoms with E-state index in [2.05, 4.69) is 9.62 Å². The summed E-state index contributed by atoms with van der Waals surface area (Å²) >= 11 is 0. The molecular formula is C20H25N3O4S. The van der Waals surface area contributed by atoms with E-state index in [-0.39, 0.29) is 5.91 Å². The Bertz CT molecular complexity index is 967.